The van der Waals surface area contributed by atoms with Crippen LogP contribution in [0.2, 0.25) is 18.1 Å². The average molecular weight is 1030 g/mol. The molecule has 1 unspecified atom stereocenters. The normalized spacial score (nSPS) is 15.0. The number of carbonyl (C=O) groups excluding carboxylic acids is 4. The molecule has 6 aromatic carbocycles. The van der Waals surface area contributed by atoms with Crippen molar-refractivity contribution in [2.24, 2.45) is 11.8 Å². The van der Waals surface area contributed by atoms with E-state index in [1.807, 2.05) is 140 Å². The molecule has 1 aliphatic rings. The summed E-state index contributed by atoms with van der Waals surface area (Å²) in [5, 5.41) is 0.0156. The molecule has 7 rings (SSSR count). The van der Waals surface area contributed by atoms with Crippen molar-refractivity contribution < 1.29 is 46.9 Å². The number of amides is 1. The second-order valence-corrected chi connectivity index (χ2v) is 24.8. The van der Waals surface area contributed by atoms with Crippen LogP contribution < -0.4 is 4.90 Å². The Kier molecular flexibility index (Phi) is 19.2. The minimum absolute atomic E-state index is 0.00728. The van der Waals surface area contributed by atoms with E-state index in [1.165, 1.54) is 19.1 Å². The molecule has 386 valence electrons. The Balaban J connectivity index is 1.11. The SMILES string of the molecule is CC(=O)O[C@@H](CC[C@H]1C(=O)N(c2ccc(C#CC(CO[Si](C)(C)C(C)(C)C)OCc3ccccc3)cc2)[C@@H]1c1ccc(C#CCC(C(=O)OCc2ccccc2)C(=O)OCc2ccccc2)cc1)c1ccc(F)cc1. The Morgan fingerprint density at radius 3 is 1.73 bits per heavy atom. The number of β-lactam (4-membered cyclic amide) rings is 1. The molecule has 6 aromatic rings. The molecule has 0 spiro atoms. The monoisotopic (exact) mass is 1030 g/mol. The summed E-state index contributed by atoms with van der Waals surface area (Å²) >= 11 is 0. The van der Waals surface area contributed by atoms with Crippen molar-refractivity contribution in [2.45, 2.75) is 103 Å². The van der Waals surface area contributed by atoms with E-state index in [-0.39, 0.29) is 30.6 Å². The maximum absolute atomic E-state index is 14.3. The number of hydrogen-bond acceptors (Lipinski definition) is 9. The molecule has 1 saturated heterocycles. The maximum atomic E-state index is 14.3. The average Bonchev–Trinajstić information content (AvgIpc) is 3.40. The standard InChI is InChI=1S/C63H64FNO9Si/c1-45(66)74-58(51-32-34-53(64)35-33-51)40-39-56-59(65(60(56)67)54-36-27-47(28-37-54)29-38-55(44-73-75(5,6)63(2,3)4)70-41-48-17-10-7-11-18-48)52-30-25-46(26-31-52)23-16-24-57(61(68)71-42-49-19-12-8-13-20-49)62(69)72-43-50-21-14-9-15-22-50/h7-15,17-22,25-28,30-37,55-59H,24,39-44H2,1-6H3/t55?,56-,58+,59-/m1/s1. The Morgan fingerprint density at radius 1 is 0.680 bits per heavy atom. The van der Waals surface area contributed by atoms with Gasteiger partial charge in [0.2, 0.25) is 5.91 Å². The first kappa shape index (κ1) is 55.1. The second-order valence-electron chi connectivity index (χ2n) is 20.0. The van der Waals surface area contributed by atoms with Crippen molar-refractivity contribution >= 4 is 37.8 Å². The Labute approximate surface area is 441 Å². The highest BCUT2D eigenvalue weighted by Gasteiger charge is 2.48. The molecule has 1 heterocycles. The van der Waals surface area contributed by atoms with Crippen LogP contribution in [-0.2, 0) is 62.4 Å². The molecule has 12 heteroatoms. The molecular weight excluding hydrogens is 962 g/mol. The lowest BCUT2D eigenvalue weighted by molar-refractivity contribution is -0.163. The maximum Gasteiger partial charge on any atom is 0.321 e. The van der Waals surface area contributed by atoms with Gasteiger partial charge in [0, 0.05) is 30.2 Å². The predicted molar refractivity (Wildman–Crippen MR) is 289 cm³/mol. The van der Waals surface area contributed by atoms with E-state index in [9.17, 15) is 23.6 Å². The third kappa shape index (κ3) is 15.7. The molecule has 0 aromatic heterocycles. The lowest BCUT2D eigenvalue weighted by atomic mass is 9.78. The molecule has 0 bridgehead atoms. The Bertz CT molecular complexity index is 2920. The number of rotatable bonds is 20. The first-order valence-electron chi connectivity index (χ1n) is 25.2. The fraction of sp³-hybridized carbons (Fsp3) is 0.302. The molecule has 0 aliphatic carbocycles. The summed E-state index contributed by atoms with van der Waals surface area (Å²) in [6.45, 7) is 13.0. The lowest BCUT2D eigenvalue weighted by Crippen LogP contribution is -2.55. The van der Waals surface area contributed by atoms with Gasteiger partial charge in [0.05, 0.1) is 25.2 Å². The molecule has 0 saturated carbocycles. The van der Waals surface area contributed by atoms with E-state index < -0.39 is 62.1 Å². The van der Waals surface area contributed by atoms with E-state index in [0.29, 0.717) is 42.9 Å². The number of anilines is 1. The lowest BCUT2D eigenvalue weighted by Gasteiger charge is -2.48. The van der Waals surface area contributed by atoms with Crippen LogP contribution in [0.4, 0.5) is 10.1 Å². The van der Waals surface area contributed by atoms with Crippen LogP contribution >= 0.6 is 0 Å². The fourth-order valence-corrected chi connectivity index (χ4v) is 9.22. The highest BCUT2D eigenvalue weighted by Crippen LogP contribution is 2.47. The summed E-state index contributed by atoms with van der Waals surface area (Å²) in [5.74, 6) is 8.44. The molecule has 1 fully saturated rings. The summed E-state index contributed by atoms with van der Waals surface area (Å²) in [6, 6.07) is 48.7. The van der Waals surface area contributed by atoms with E-state index in [1.54, 1.807) is 17.0 Å². The van der Waals surface area contributed by atoms with E-state index in [0.717, 1.165) is 27.8 Å². The zero-order valence-corrected chi connectivity index (χ0v) is 44.4. The number of benzene rings is 6. The summed E-state index contributed by atoms with van der Waals surface area (Å²) < 4.78 is 43.6. The molecule has 1 aliphatic heterocycles. The van der Waals surface area contributed by atoms with Crippen LogP contribution in [-0.4, -0.2) is 44.8 Å². The highest BCUT2D eigenvalue weighted by molar-refractivity contribution is 6.74. The topological polar surface area (TPSA) is 118 Å². The van der Waals surface area contributed by atoms with Gasteiger partial charge in [-0.25, -0.2) is 4.39 Å². The van der Waals surface area contributed by atoms with Gasteiger partial charge in [-0.1, -0.05) is 160 Å². The first-order valence-corrected chi connectivity index (χ1v) is 28.1. The third-order valence-corrected chi connectivity index (χ3v) is 18.0. The number of halogens is 1. The summed E-state index contributed by atoms with van der Waals surface area (Å²) in [7, 11) is -2.09. The largest absolute Gasteiger partial charge is 0.460 e. The zero-order valence-electron chi connectivity index (χ0n) is 43.4. The summed E-state index contributed by atoms with van der Waals surface area (Å²) in [5.41, 5.74) is 6.09. The number of ether oxygens (including phenoxy) is 4. The van der Waals surface area contributed by atoms with Gasteiger partial charge in [-0.3, -0.25) is 19.2 Å². The van der Waals surface area contributed by atoms with Crippen molar-refractivity contribution in [1.82, 2.24) is 0 Å². The molecular formula is C63H64FNO9Si. The van der Waals surface area contributed by atoms with Crippen molar-refractivity contribution in [3.05, 3.63) is 209 Å². The third-order valence-electron chi connectivity index (χ3n) is 13.5. The molecule has 10 nitrogen and oxygen atoms in total. The van der Waals surface area contributed by atoms with Crippen molar-refractivity contribution in [1.29, 1.82) is 0 Å². The Morgan fingerprint density at radius 2 is 1.20 bits per heavy atom. The summed E-state index contributed by atoms with van der Waals surface area (Å²) in [6.07, 6.45) is -0.628. The quantitative estimate of drug-likeness (QED) is 0.0184. The van der Waals surface area contributed by atoms with Gasteiger partial charge in [-0.15, -0.1) is 0 Å². The van der Waals surface area contributed by atoms with E-state index >= 15 is 0 Å². The smallest absolute Gasteiger partial charge is 0.321 e. The van der Waals surface area contributed by atoms with Gasteiger partial charge in [0.1, 0.15) is 31.2 Å². The van der Waals surface area contributed by atoms with Gasteiger partial charge in [-0.2, -0.15) is 0 Å². The molecule has 75 heavy (non-hydrogen) atoms. The van der Waals surface area contributed by atoms with Crippen LogP contribution in [0.1, 0.15) is 98.0 Å². The van der Waals surface area contributed by atoms with E-state index in [4.69, 9.17) is 23.4 Å². The number of nitrogens with zero attached hydrogens (tertiary/aromatic N) is 1. The van der Waals surface area contributed by atoms with Crippen molar-refractivity contribution in [2.75, 3.05) is 11.5 Å². The molecule has 0 radical (unpaired) electrons. The number of hydrogen-bond donors (Lipinski definition) is 0. The van der Waals surface area contributed by atoms with Crippen LogP contribution in [0.5, 0.6) is 0 Å². The first-order chi connectivity index (χ1) is 36.0. The summed E-state index contributed by atoms with van der Waals surface area (Å²) in [4.78, 5) is 55.1. The number of carbonyl (C=O) groups is 4. The van der Waals surface area contributed by atoms with Crippen molar-refractivity contribution in [3.63, 3.8) is 0 Å². The van der Waals surface area contributed by atoms with Crippen LogP contribution in [0, 0.1) is 41.3 Å². The highest BCUT2D eigenvalue weighted by atomic mass is 28.4. The predicted octanol–water partition coefficient (Wildman–Crippen LogP) is 12.4. The van der Waals surface area contributed by atoms with Gasteiger partial charge in [0.25, 0.3) is 0 Å². The fourth-order valence-electron chi connectivity index (χ4n) is 8.21. The van der Waals surface area contributed by atoms with Crippen LogP contribution in [0.3, 0.4) is 0 Å². The minimum atomic E-state index is -2.09. The van der Waals surface area contributed by atoms with Crippen LogP contribution in [0.15, 0.2) is 164 Å². The van der Waals surface area contributed by atoms with Crippen LogP contribution in [0.25, 0.3) is 0 Å². The van der Waals surface area contributed by atoms with Gasteiger partial charge in [0.15, 0.2) is 14.2 Å². The van der Waals surface area contributed by atoms with Crippen molar-refractivity contribution in [3.8, 4) is 23.7 Å². The van der Waals surface area contributed by atoms with Gasteiger partial charge >= 0.3 is 17.9 Å². The van der Waals surface area contributed by atoms with E-state index in [2.05, 4.69) is 57.5 Å². The Hall–Kier alpha value is -7.61. The minimum Gasteiger partial charge on any atom is -0.460 e. The number of esters is 3. The van der Waals surface area contributed by atoms with Gasteiger partial charge in [-0.05, 0) is 107 Å². The molecule has 4 atom stereocenters. The molecule has 1 amide bonds. The zero-order chi connectivity index (χ0) is 53.4. The second kappa shape index (κ2) is 26.0. The van der Waals surface area contributed by atoms with Gasteiger partial charge < -0.3 is 28.3 Å². The molecule has 0 N–H and O–H groups in total.